The SMILES string of the molecule is C[C@H](C(=O)N1C[C@@]2(C)C[C@H]1CC(C)(C)C2)N1C(=O)c2ccccc2C1=O. The number of hydrogen-bond donors (Lipinski definition) is 0. The number of likely N-dealkylation sites (tertiary alicyclic amines) is 1. The van der Waals surface area contributed by atoms with Gasteiger partial charge in [-0.15, -0.1) is 0 Å². The average Bonchev–Trinajstić information content (AvgIpc) is 2.96. The van der Waals surface area contributed by atoms with Gasteiger partial charge in [0, 0.05) is 12.6 Å². The van der Waals surface area contributed by atoms with Crippen molar-refractivity contribution in [1.29, 1.82) is 0 Å². The summed E-state index contributed by atoms with van der Waals surface area (Å²) in [5, 5.41) is 0. The van der Waals surface area contributed by atoms with Crippen molar-refractivity contribution in [2.45, 2.75) is 59.0 Å². The number of hydrogen-bond acceptors (Lipinski definition) is 3. The summed E-state index contributed by atoms with van der Waals surface area (Å²) in [6, 6.07) is 6.22. The van der Waals surface area contributed by atoms with Gasteiger partial charge in [0.15, 0.2) is 0 Å². The van der Waals surface area contributed by atoms with E-state index in [9.17, 15) is 14.4 Å². The van der Waals surface area contributed by atoms with E-state index in [1.54, 1.807) is 31.2 Å². The van der Waals surface area contributed by atoms with Crippen LogP contribution in [0.4, 0.5) is 0 Å². The third-order valence-electron chi connectivity index (χ3n) is 6.27. The molecule has 0 N–H and O–H groups in total. The van der Waals surface area contributed by atoms with Crippen molar-refractivity contribution in [3.05, 3.63) is 35.4 Å². The molecule has 0 spiro atoms. The first kappa shape index (κ1) is 17.3. The quantitative estimate of drug-likeness (QED) is 0.767. The topological polar surface area (TPSA) is 57.7 Å². The second kappa shape index (κ2) is 5.41. The van der Waals surface area contributed by atoms with Gasteiger partial charge in [-0.05, 0) is 49.1 Å². The molecule has 1 saturated heterocycles. The van der Waals surface area contributed by atoms with Gasteiger partial charge in [0.05, 0.1) is 11.1 Å². The van der Waals surface area contributed by atoms with Crippen molar-refractivity contribution in [3.8, 4) is 0 Å². The maximum Gasteiger partial charge on any atom is 0.262 e. The summed E-state index contributed by atoms with van der Waals surface area (Å²) in [6.45, 7) is 9.17. The maximum absolute atomic E-state index is 13.3. The minimum absolute atomic E-state index is 0.106. The van der Waals surface area contributed by atoms with E-state index in [1.165, 1.54) is 0 Å². The van der Waals surface area contributed by atoms with Crippen molar-refractivity contribution in [1.82, 2.24) is 9.80 Å². The molecule has 1 aromatic rings. The summed E-state index contributed by atoms with van der Waals surface area (Å²) in [5.41, 5.74) is 1.13. The number of fused-ring (bicyclic) bond motifs is 3. The predicted octanol–water partition coefficient (Wildman–Crippen LogP) is 3.10. The molecule has 3 amide bonds. The number of carbonyl (C=O) groups excluding carboxylic acids is 3. The lowest BCUT2D eigenvalue weighted by atomic mass is 9.65. The summed E-state index contributed by atoms with van der Waals surface area (Å²) >= 11 is 0. The first-order chi connectivity index (χ1) is 12.1. The van der Waals surface area contributed by atoms with Crippen molar-refractivity contribution < 1.29 is 14.4 Å². The molecule has 1 aliphatic carbocycles. The van der Waals surface area contributed by atoms with Gasteiger partial charge in [-0.2, -0.15) is 0 Å². The van der Waals surface area contributed by atoms with Crippen molar-refractivity contribution >= 4 is 17.7 Å². The Bertz CT molecular complexity index is 780. The zero-order valence-corrected chi connectivity index (χ0v) is 15.9. The Morgan fingerprint density at radius 3 is 2.23 bits per heavy atom. The molecule has 1 aromatic carbocycles. The van der Waals surface area contributed by atoms with Crippen LogP contribution in [-0.4, -0.2) is 46.1 Å². The fraction of sp³-hybridized carbons (Fsp3) is 0.571. The smallest absolute Gasteiger partial charge is 0.262 e. The molecule has 4 rings (SSSR count). The van der Waals surface area contributed by atoms with Crippen molar-refractivity contribution in [3.63, 3.8) is 0 Å². The van der Waals surface area contributed by atoms with Gasteiger partial charge < -0.3 is 4.90 Å². The molecule has 0 aromatic heterocycles. The van der Waals surface area contributed by atoms with Gasteiger partial charge in [0.1, 0.15) is 6.04 Å². The Morgan fingerprint density at radius 1 is 1.08 bits per heavy atom. The van der Waals surface area contributed by atoms with E-state index in [2.05, 4.69) is 20.8 Å². The lowest BCUT2D eigenvalue weighted by Crippen LogP contribution is -2.51. The Labute approximate surface area is 154 Å². The van der Waals surface area contributed by atoms with Crippen LogP contribution in [-0.2, 0) is 4.79 Å². The fourth-order valence-electron chi connectivity index (χ4n) is 5.63. The number of nitrogens with zero attached hydrogens (tertiary/aromatic N) is 2. The van der Waals surface area contributed by atoms with Gasteiger partial charge in [0.2, 0.25) is 5.91 Å². The number of imide groups is 1. The molecule has 5 nitrogen and oxygen atoms in total. The highest BCUT2D eigenvalue weighted by Gasteiger charge is 2.52. The minimum Gasteiger partial charge on any atom is -0.337 e. The summed E-state index contributed by atoms with van der Waals surface area (Å²) in [5.74, 6) is -0.828. The third kappa shape index (κ3) is 2.48. The molecule has 0 radical (unpaired) electrons. The lowest BCUT2D eigenvalue weighted by Gasteiger charge is -2.39. The normalized spacial score (nSPS) is 30.5. The largest absolute Gasteiger partial charge is 0.337 e. The Kier molecular flexibility index (Phi) is 3.59. The molecule has 138 valence electrons. The second-order valence-corrected chi connectivity index (χ2v) is 9.38. The molecular weight excluding hydrogens is 328 g/mol. The van der Waals surface area contributed by atoms with Crippen LogP contribution in [0.1, 0.15) is 67.7 Å². The van der Waals surface area contributed by atoms with Crippen molar-refractivity contribution in [2.75, 3.05) is 6.54 Å². The summed E-state index contributed by atoms with van der Waals surface area (Å²) in [4.78, 5) is 41.7. The van der Waals surface area contributed by atoms with E-state index in [-0.39, 0.29) is 34.6 Å². The zero-order valence-electron chi connectivity index (χ0n) is 15.9. The van der Waals surface area contributed by atoms with Crippen LogP contribution < -0.4 is 0 Å². The molecule has 3 aliphatic rings. The molecule has 5 heteroatoms. The monoisotopic (exact) mass is 354 g/mol. The zero-order chi connectivity index (χ0) is 18.9. The Hall–Kier alpha value is -2.17. The molecule has 3 atom stereocenters. The van der Waals surface area contributed by atoms with Gasteiger partial charge in [-0.3, -0.25) is 19.3 Å². The number of rotatable bonds is 2. The third-order valence-corrected chi connectivity index (χ3v) is 6.27. The molecule has 2 aliphatic heterocycles. The molecular formula is C21H26N2O3. The minimum atomic E-state index is -0.770. The van der Waals surface area contributed by atoms with Gasteiger partial charge in [-0.1, -0.05) is 32.9 Å². The molecule has 2 fully saturated rings. The van der Waals surface area contributed by atoms with Gasteiger partial charge in [0.25, 0.3) is 11.8 Å². The molecule has 2 heterocycles. The average molecular weight is 354 g/mol. The van der Waals surface area contributed by atoms with E-state index < -0.39 is 6.04 Å². The highest BCUT2D eigenvalue weighted by atomic mass is 16.2. The Morgan fingerprint density at radius 2 is 1.65 bits per heavy atom. The summed E-state index contributed by atoms with van der Waals surface area (Å²) in [6.07, 6.45) is 3.09. The molecule has 0 unspecified atom stereocenters. The van der Waals surface area contributed by atoms with Crippen LogP contribution in [0.5, 0.6) is 0 Å². The van der Waals surface area contributed by atoms with Gasteiger partial charge in [-0.25, -0.2) is 0 Å². The second-order valence-electron chi connectivity index (χ2n) is 9.38. The summed E-state index contributed by atoms with van der Waals surface area (Å²) < 4.78 is 0. The van der Waals surface area contributed by atoms with Crippen LogP contribution in [0.25, 0.3) is 0 Å². The number of benzene rings is 1. The maximum atomic E-state index is 13.3. The molecule has 2 bridgehead atoms. The van der Waals surface area contributed by atoms with Crippen LogP contribution in [0.15, 0.2) is 24.3 Å². The standard InChI is InChI=1S/C21H26N2O3/c1-13(23-18(25)15-7-5-6-8-16(15)19(23)26)17(24)22-12-21(4)10-14(22)9-20(2,3)11-21/h5-8,13-14H,9-12H2,1-4H3/t13-,14-,21+/m1/s1. The van der Waals surface area contributed by atoms with E-state index >= 15 is 0 Å². The number of amides is 3. The molecule has 26 heavy (non-hydrogen) atoms. The van der Waals surface area contributed by atoms with E-state index in [4.69, 9.17) is 0 Å². The van der Waals surface area contributed by atoms with E-state index in [1.807, 2.05) is 4.90 Å². The first-order valence-electron chi connectivity index (χ1n) is 9.39. The highest BCUT2D eigenvalue weighted by Crippen LogP contribution is 2.52. The highest BCUT2D eigenvalue weighted by molar-refractivity contribution is 6.22. The molecule has 1 saturated carbocycles. The van der Waals surface area contributed by atoms with Crippen molar-refractivity contribution in [2.24, 2.45) is 10.8 Å². The van der Waals surface area contributed by atoms with E-state index in [0.717, 1.165) is 24.2 Å². The lowest BCUT2D eigenvalue weighted by molar-refractivity contribution is -0.136. The van der Waals surface area contributed by atoms with E-state index in [0.29, 0.717) is 17.7 Å². The van der Waals surface area contributed by atoms with Gasteiger partial charge >= 0.3 is 0 Å². The Balaban J connectivity index is 1.59. The van der Waals surface area contributed by atoms with Crippen LogP contribution >= 0.6 is 0 Å². The van der Waals surface area contributed by atoms with Crippen LogP contribution in [0.2, 0.25) is 0 Å². The first-order valence-corrected chi connectivity index (χ1v) is 9.39. The predicted molar refractivity (Wildman–Crippen MR) is 97.6 cm³/mol. The summed E-state index contributed by atoms with van der Waals surface area (Å²) in [7, 11) is 0. The van der Waals surface area contributed by atoms with Crippen LogP contribution in [0, 0.1) is 10.8 Å². The van der Waals surface area contributed by atoms with Crippen LogP contribution in [0.3, 0.4) is 0 Å². The number of carbonyl (C=O) groups is 3. The fourth-order valence-corrected chi connectivity index (χ4v) is 5.63.